The van der Waals surface area contributed by atoms with Crippen LogP contribution in [0.25, 0.3) is 0 Å². The number of carbonyl (C=O) groups excluding carboxylic acids is 2. The molecule has 0 aliphatic carbocycles. The zero-order chi connectivity index (χ0) is 34.5. The molecule has 0 bridgehead atoms. The first-order valence-electron chi connectivity index (χ1n) is 16.2. The molecule has 0 atom stereocenters. The first kappa shape index (κ1) is 34.5. The predicted octanol–water partition coefficient (Wildman–Crippen LogP) is 10.7. The number of nitrogens with zero attached hydrogens (tertiary/aromatic N) is 1. The summed E-state index contributed by atoms with van der Waals surface area (Å²) in [7, 11) is 0. The molecule has 5 aromatic carbocycles. The van der Waals surface area contributed by atoms with Crippen LogP contribution in [0.1, 0.15) is 70.2 Å². The topological polar surface area (TPSA) is 69.6 Å². The standard InChI is InChI=1S/C42H44N2O3S/c1-41(2,3)36-26-35(27-37(40(36)47)42(4,5)6)48-39(46)28-38(45)44(33-15-11-8-12-16-33)34-23-21-32(22-24-34)43-31-19-17-30(18-20-31)25-29-13-9-7-10-14-29/h7-24,26-27,43,47H,25,28H2,1-6H3. The van der Waals surface area contributed by atoms with E-state index >= 15 is 0 Å². The van der Waals surface area contributed by atoms with E-state index in [0.29, 0.717) is 11.4 Å². The molecule has 0 aliphatic rings. The molecule has 0 radical (unpaired) electrons. The van der Waals surface area contributed by atoms with Gasteiger partial charge >= 0.3 is 0 Å². The van der Waals surface area contributed by atoms with Gasteiger partial charge in [-0.1, -0.05) is 114 Å². The number of hydrogen-bond donors (Lipinski definition) is 2. The molecular weight excluding hydrogens is 613 g/mol. The van der Waals surface area contributed by atoms with Crippen molar-refractivity contribution in [3.8, 4) is 5.75 Å². The number of hydrogen-bond acceptors (Lipinski definition) is 5. The van der Waals surface area contributed by atoms with Crippen LogP contribution in [-0.2, 0) is 26.8 Å². The van der Waals surface area contributed by atoms with E-state index in [9.17, 15) is 14.7 Å². The van der Waals surface area contributed by atoms with Gasteiger partial charge in [0.15, 0.2) is 0 Å². The molecule has 1 amide bonds. The van der Waals surface area contributed by atoms with Crippen molar-refractivity contribution in [1.82, 2.24) is 0 Å². The SMILES string of the molecule is CC(C)(C)c1cc(SC(=O)CC(=O)N(c2ccccc2)c2ccc(Nc3ccc(Cc4ccccc4)cc3)cc2)cc(C(C)(C)C)c1O. The van der Waals surface area contributed by atoms with E-state index < -0.39 is 0 Å². The van der Waals surface area contributed by atoms with Crippen molar-refractivity contribution in [1.29, 1.82) is 0 Å². The summed E-state index contributed by atoms with van der Waals surface area (Å²) in [6.07, 6.45) is 0.594. The van der Waals surface area contributed by atoms with Gasteiger partial charge in [-0.3, -0.25) is 14.5 Å². The van der Waals surface area contributed by atoms with Gasteiger partial charge in [0.25, 0.3) is 0 Å². The summed E-state index contributed by atoms with van der Waals surface area (Å²) in [5.74, 6) is -0.0598. The molecule has 5 nitrogen and oxygen atoms in total. The highest BCUT2D eigenvalue weighted by Crippen LogP contribution is 2.42. The van der Waals surface area contributed by atoms with Crippen LogP contribution in [0.15, 0.2) is 126 Å². The molecule has 6 heteroatoms. The summed E-state index contributed by atoms with van der Waals surface area (Å²) in [6, 6.07) is 39.6. The van der Waals surface area contributed by atoms with Gasteiger partial charge in [-0.25, -0.2) is 0 Å². The zero-order valence-corrected chi connectivity index (χ0v) is 29.4. The molecule has 0 saturated carbocycles. The number of phenolic OH excluding ortho intramolecular Hbond substituents is 1. The van der Waals surface area contributed by atoms with Crippen LogP contribution in [0, 0.1) is 0 Å². The smallest absolute Gasteiger partial charge is 0.239 e. The molecule has 48 heavy (non-hydrogen) atoms. The van der Waals surface area contributed by atoms with E-state index in [1.807, 2.05) is 114 Å². The van der Waals surface area contributed by atoms with E-state index in [1.165, 1.54) is 11.1 Å². The predicted molar refractivity (Wildman–Crippen MR) is 200 cm³/mol. The molecule has 0 aliphatic heterocycles. The molecule has 0 heterocycles. The van der Waals surface area contributed by atoms with Crippen molar-refractivity contribution in [2.45, 2.75) is 70.1 Å². The highest BCUT2D eigenvalue weighted by atomic mass is 32.2. The van der Waals surface area contributed by atoms with Crippen molar-refractivity contribution >= 4 is 45.5 Å². The second-order valence-corrected chi connectivity index (χ2v) is 15.2. The summed E-state index contributed by atoms with van der Waals surface area (Å²) in [6.45, 7) is 12.2. The molecule has 0 unspecified atom stereocenters. The monoisotopic (exact) mass is 656 g/mol. The second kappa shape index (κ2) is 14.5. The number of thioether (sulfide) groups is 1. The Morgan fingerprint density at radius 1 is 0.646 bits per heavy atom. The lowest BCUT2D eigenvalue weighted by Crippen LogP contribution is -2.27. The number of carbonyl (C=O) groups is 2. The first-order valence-corrected chi connectivity index (χ1v) is 17.1. The Balaban J connectivity index is 1.31. The minimum atomic E-state index is -0.323. The highest BCUT2D eigenvalue weighted by Gasteiger charge is 2.28. The number of para-hydroxylation sites is 1. The van der Waals surface area contributed by atoms with E-state index in [0.717, 1.165) is 45.6 Å². The lowest BCUT2D eigenvalue weighted by molar-refractivity contribution is -0.122. The maximum atomic E-state index is 13.8. The summed E-state index contributed by atoms with van der Waals surface area (Å²) in [4.78, 5) is 29.6. The Kier molecular flexibility index (Phi) is 10.4. The Morgan fingerprint density at radius 2 is 1.10 bits per heavy atom. The molecule has 0 spiro atoms. The molecule has 5 aromatic rings. The molecule has 0 aromatic heterocycles. The van der Waals surface area contributed by atoms with Crippen LogP contribution >= 0.6 is 11.8 Å². The van der Waals surface area contributed by atoms with Gasteiger partial charge in [0.05, 0.1) is 6.42 Å². The summed E-state index contributed by atoms with van der Waals surface area (Å²) in [5, 5.41) is 14.3. The van der Waals surface area contributed by atoms with Gasteiger partial charge in [0.2, 0.25) is 11.0 Å². The number of phenols is 1. The van der Waals surface area contributed by atoms with Crippen molar-refractivity contribution in [3.63, 3.8) is 0 Å². The second-order valence-electron chi connectivity index (χ2n) is 14.1. The average molecular weight is 657 g/mol. The van der Waals surface area contributed by atoms with E-state index in [4.69, 9.17) is 0 Å². The third-order valence-corrected chi connectivity index (χ3v) is 8.95. The summed E-state index contributed by atoms with van der Waals surface area (Å²) >= 11 is 1.05. The fraction of sp³-hybridized carbons (Fsp3) is 0.238. The zero-order valence-electron chi connectivity index (χ0n) is 28.6. The summed E-state index contributed by atoms with van der Waals surface area (Å²) in [5.41, 5.74) is 6.63. The number of anilines is 4. The lowest BCUT2D eigenvalue weighted by atomic mass is 9.79. The van der Waals surface area contributed by atoms with Crippen LogP contribution in [0.2, 0.25) is 0 Å². The first-order chi connectivity index (χ1) is 22.8. The van der Waals surface area contributed by atoms with Gasteiger partial charge < -0.3 is 10.4 Å². The van der Waals surface area contributed by atoms with Crippen LogP contribution in [0.3, 0.4) is 0 Å². The Labute approximate surface area is 289 Å². The lowest BCUT2D eigenvalue weighted by Gasteiger charge is -2.28. The van der Waals surface area contributed by atoms with E-state index in [-0.39, 0.29) is 34.0 Å². The fourth-order valence-corrected chi connectivity index (χ4v) is 6.40. The van der Waals surface area contributed by atoms with Gasteiger partial charge in [-0.2, -0.15) is 0 Å². The maximum Gasteiger partial charge on any atom is 0.239 e. The number of amides is 1. The van der Waals surface area contributed by atoms with Crippen LogP contribution in [-0.4, -0.2) is 16.1 Å². The third kappa shape index (κ3) is 8.75. The van der Waals surface area contributed by atoms with Crippen molar-refractivity contribution < 1.29 is 14.7 Å². The Morgan fingerprint density at radius 3 is 1.62 bits per heavy atom. The highest BCUT2D eigenvalue weighted by molar-refractivity contribution is 8.13. The number of nitrogens with one attached hydrogen (secondary N) is 1. The maximum absolute atomic E-state index is 13.8. The normalized spacial score (nSPS) is 11.6. The number of benzene rings is 5. The van der Waals surface area contributed by atoms with Gasteiger partial charge in [0, 0.05) is 38.8 Å². The van der Waals surface area contributed by atoms with Gasteiger partial charge in [-0.15, -0.1) is 0 Å². The molecule has 0 fully saturated rings. The quantitative estimate of drug-likeness (QED) is 0.122. The Hall–Kier alpha value is -4.81. The molecule has 0 saturated heterocycles. The molecule has 5 rings (SSSR count). The van der Waals surface area contributed by atoms with Crippen LogP contribution in [0.5, 0.6) is 5.75 Å². The molecule has 246 valence electrons. The largest absolute Gasteiger partial charge is 0.507 e. The van der Waals surface area contributed by atoms with Gasteiger partial charge in [-0.05, 0) is 89.0 Å². The summed E-state index contributed by atoms with van der Waals surface area (Å²) < 4.78 is 0. The third-order valence-electron chi connectivity index (χ3n) is 8.11. The van der Waals surface area contributed by atoms with Crippen LogP contribution in [0.4, 0.5) is 22.7 Å². The number of rotatable bonds is 9. The Bertz CT molecular complexity index is 1820. The average Bonchev–Trinajstić information content (AvgIpc) is 3.03. The van der Waals surface area contributed by atoms with Crippen molar-refractivity contribution in [2.75, 3.05) is 10.2 Å². The van der Waals surface area contributed by atoms with Crippen molar-refractivity contribution in [3.05, 3.63) is 144 Å². The van der Waals surface area contributed by atoms with E-state index in [2.05, 4.69) is 53.8 Å². The minimum Gasteiger partial charge on any atom is -0.507 e. The fourth-order valence-electron chi connectivity index (χ4n) is 5.59. The molecule has 2 N–H and O–H groups in total. The van der Waals surface area contributed by atoms with Crippen LogP contribution < -0.4 is 10.2 Å². The van der Waals surface area contributed by atoms with Gasteiger partial charge in [0.1, 0.15) is 5.75 Å². The van der Waals surface area contributed by atoms with Crippen molar-refractivity contribution in [2.24, 2.45) is 0 Å². The van der Waals surface area contributed by atoms with E-state index in [1.54, 1.807) is 4.90 Å². The number of aromatic hydroxyl groups is 1. The minimum absolute atomic E-state index is 0.260. The molecular formula is C42H44N2O3S.